The maximum Gasteiger partial charge on any atom is 0.312 e. The second kappa shape index (κ2) is 5.76. The molecule has 0 amide bonds. The molecule has 0 saturated heterocycles. The van der Waals surface area contributed by atoms with Gasteiger partial charge in [-0.05, 0) is 5.56 Å². The maximum absolute atomic E-state index is 11.1. The normalized spacial score (nSPS) is 13.2. The van der Waals surface area contributed by atoms with E-state index < -0.39 is 22.1 Å². The van der Waals surface area contributed by atoms with Crippen LogP contribution in [0.3, 0.4) is 0 Å². The highest BCUT2D eigenvalue weighted by molar-refractivity contribution is 7.87. The number of hydrogen-bond donors (Lipinski definition) is 3. The van der Waals surface area contributed by atoms with Crippen LogP contribution >= 0.6 is 0 Å². The zero-order chi connectivity index (χ0) is 12.9. The Labute approximate surface area is 99.8 Å². The van der Waals surface area contributed by atoms with Crippen molar-refractivity contribution in [1.82, 2.24) is 9.44 Å². The summed E-state index contributed by atoms with van der Waals surface area (Å²) in [4.78, 5) is 11.0. The molecule has 6 nitrogen and oxygen atoms in total. The van der Waals surface area contributed by atoms with Gasteiger partial charge in [0.2, 0.25) is 0 Å². The van der Waals surface area contributed by atoms with Gasteiger partial charge in [-0.1, -0.05) is 30.3 Å². The van der Waals surface area contributed by atoms with Crippen LogP contribution < -0.4 is 9.44 Å². The molecule has 1 unspecified atom stereocenters. The van der Waals surface area contributed by atoms with Gasteiger partial charge < -0.3 is 5.11 Å². The molecule has 0 radical (unpaired) electrons. The highest BCUT2D eigenvalue weighted by Crippen LogP contribution is 2.14. The van der Waals surface area contributed by atoms with E-state index in [0.717, 1.165) is 0 Å². The Bertz CT molecular complexity index is 472. The Kier molecular flexibility index (Phi) is 4.62. The summed E-state index contributed by atoms with van der Waals surface area (Å²) >= 11 is 0. The van der Waals surface area contributed by atoms with Gasteiger partial charge in [0.05, 0.1) is 5.92 Å². The molecule has 1 rings (SSSR count). The Balaban J connectivity index is 2.79. The van der Waals surface area contributed by atoms with Gasteiger partial charge in [0, 0.05) is 13.6 Å². The van der Waals surface area contributed by atoms with Crippen molar-refractivity contribution in [3.05, 3.63) is 35.9 Å². The highest BCUT2D eigenvalue weighted by atomic mass is 32.2. The first kappa shape index (κ1) is 13.6. The van der Waals surface area contributed by atoms with Gasteiger partial charge in [-0.15, -0.1) is 0 Å². The van der Waals surface area contributed by atoms with Crippen LogP contribution in [0.4, 0.5) is 0 Å². The lowest BCUT2D eigenvalue weighted by Gasteiger charge is -2.13. The summed E-state index contributed by atoms with van der Waals surface area (Å²) in [7, 11) is -2.37. The average Bonchev–Trinajstić information content (AvgIpc) is 2.30. The van der Waals surface area contributed by atoms with Crippen LogP contribution in [0.5, 0.6) is 0 Å². The van der Waals surface area contributed by atoms with E-state index in [4.69, 9.17) is 5.11 Å². The van der Waals surface area contributed by atoms with E-state index in [2.05, 4.69) is 9.44 Å². The molecule has 0 spiro atoms. The second-order valence-electron chi connectivity index (χ2n) is 3.36. The van der Waals surface area contributed by atoms with Crippen molar-refractivity contribution >= 4 is 16.2 Å². The zero-order valence-electron chi connectivity index (χ0n) is 9.25. The summed E-state index contributed by atoms with van der Waals surface area (Å²) in [6.45, 7) is -0.192. The number of carbonyl (C=O) groups is 1. The van der Waals surface area contributed by atoms with Crippen molar-refractivity contribution < 1.29 is 18.3 Å². The quantitative estimate of drug-likeness (QED) is 0.664. The first-order chi connectivity index (χ1) is 7.96. The lowest BCUT2D eigenvalue weighted by Crippen LogP contribution is -2.38. The zero-order valence-corrected chi connectivity index (χ0v) is 10.1. The van der Waals surface area contributed by atoms with Gasteiger partial charge in [-0.2, -0.15) is 8.42 Å². The van der Waals surface area contributed by atoms with Crippen molar-refractivity contribution in [3.63, 3.8) is 0 Å². The van der Waals surface area contributed by atoms with E-state index in [0.29, 0.717) is 5.56 Å². The molecule has 0 aromatic heterocycles. The molecule has 1 aromatic rings. The SMILES string of the molecule is CNS(=O)(=O)NCC(C(=O)O)c1ccccc1. The number of rotatable bonds is 6. The molecule has 0 aliphatic heterocycles. The molecule has 94 valence electrons. The van der Waals surface area contributed by atoms with Gasteiger partial charge in [0.1, 0.15) is 0 Å². The number of carboxylic acid groups (broad SMARTS) is 1. The largest absolute Gasteiger partial charge is 0.481 e. The van der Waals surface area contributed by atoms with Gasteiger partial charge >= 0.3 is 5.97 Å². The minimum absolute atomic E-state index is 0.192. The Morgan fingerprint density at radius 3 is 2.41 bits per heavy atom. The topological polar surface area (TPSA) is 95.5 Å². The van der Waals surface area contributed by atoms with Crippen LogP contribution in [0, 0.1) is 0 Å². The molecule has 0 fully saturated rings. The van der Waals surface area contributed by atoms with Crippen LogP contribution in [0.1, 0.15) is 11.5 Å². The predicted molar refractivity (Wildman–Crippen MR) is 62.8 cm³/mol. The highest BCUT2D eigenvalue weighted by Gasteiger charge is 2.21. The third kappa shape index (κ3) is 4.14. The van der Waals surface area contributed by atoms with Crippen molar-refractivity contribution in [2.24, 2.45) is 0 Å². The molecule has 1 atom stereocenters. The van der Waals surface area contributed by atoms with E-state index in [-0.39, 0.29) is 6.54 Å². The smallest absolute Gasteiger partial charge is 0.312 e. The molecule has 7 heteroatoms. The monoisotopic (exact) mass is 258 g/mol. The molecule has 0 saturated carbocycles. The summed E-state index contributed by atoms with van der Waals surface area (Å²) in [5.74, 6) is -1.98. The van der Waals surface area contributed by atoms with E-state index in [9.17, 15) is 13.2 Å². The molecule has 0 aliphatic rings. The first-order valence-corrected chi connectivity index (χ1v) is 6.40. The van der Waals surface area contributed by atoms with Crippen LogP contribution in [0.2, 0.25) is 0 Å². The van der Waals surface area contributed by atoms with Crippen LogP contribution in [0.15, 0.2) is 30.3 Å². The standard InChI is InChI=1S/C10H14N2O4S/c1-11-17(15,16)12-7-9(10(13)14)8-5-3-2-4-6-8/h2-6,9,11-12H,7H2,1H3,(H,13,14). The Morgan fingerprint density at radius 1 is 1.35 bits per heavy atom. The number of benzene rings is 1. The number of aliphatic carboxylic acids is 1. The summed E-state index contributed by atoms with van der Waals surface area (Å²) in [5, 5.41) is 9.04. The summed E-state index contributed by atoms with van der Waals surface area (Å²) in [6.07, 6.45) is 0. The minimum Gasteiger partial charge on any atom is -0.481 e. The molecule has 1 aromatic carbocycles. The summed E-state index contributed by atoms with van der Waals surface area (Å²) in [5.41, 5.74) is 0.554. The minimum atomic E-state index is -3.62. The fourth-order valence-corrected chi connectivity index (χ4v) is 1.83. The fraction of sp³-hybridized carbons (Fsp3) is 0.300. The second-order valence-corrected chi connectivity index (χ2v) is 5.06. The lowest BCUT2D eigenvalue weighted by atomic mass is 10.00. The Hall–Kier alpha value is -1.44. The molecule has 0 aliphatic carbocycles. The van der Waals surface area contributed by atoms with E-state index in [1.807, 2.05) is 0 Å². The van der Waals surface area contributed by atoms with E-state index >= 15 is 0 Å². The van der Waals surface area contributed by atoms with Crippen molar-refractivity contribution in [2.75, 3.05) is 13.6 Å². The van der Waals surface area contributed by atoms with Crippen molar-refractivity contribution in [3.8, 4) is 0 Å². The van der Waals surface area contributed by atoms with Crippen molar-refractivity contribution in [2.45, 2.75) is 5.92 Å². The van der Waals surface area contributed by atoms with Crippen molar-refractivity contribution in [1.29, 1.82) is 0 Å². The molecule has 17 heavy (non-hydrogen) atoms. The number of carboxylic acids is 1. The van der Waals surface area contributed by atoms with Gasteiger partial charge in [-0.25, -0.2) is 9.44 Å². The summed E-state index contributed by atoms with van der Waals surface area (Å²) < 4.78 is 26.5. The predicted octanol–water partition coefficient (Wildman–Crippen LogP) is -0.0914. The van der Waals surface area contributed by atoms with Crippen LogP contribution in [-0.4, -0.2) is 33.1 Å². The molecule has 0 bridgehead atoms. The van der Waals surface area contributed by atoms with Gasteiger partial charge in [0.25, 0.3) is 10.2 Å². The fourth-order valence-electron chi connectivity index (χ4n) is 1.30. The molecular weight excluding hydrogens is 244 g/mol. The first-order valence-electron chi connectivity index (χ1n) is 4.92. The van der Waals surface area contributed by atoms with Crippen LogP contribution in [-0.2, 0) is 15.0 Å². The number of hydrogen-bond acceptors (Lipinski definition) is 3. The van der Waals surface area contributed by atoms with E-state index in [1.54, 1.807) is 30.3 Å². The summed E-state index contributed by atoms with van der Waals surface area (Å²) in [6, 6.07) is 8.47. The maximum atomic E-state index is 11.1. The number of nitrogens with one attached hydrogen (secondary N) is 2. The molecule has 3 N–H and O–H groups in total. The van der Waals surface area contributed by atoms with Crippen LogP contribution in [0.25, 0.3) is 0 Å². The lowest BCUT2D eigenvalue weighted by molar-refractivity contribution is -0.138. The van der Waals surface area contributed by atoms with Gasteiger partial charge in [-0.3, -0.25) is 4.79 Å². The molecular formula is C10H14N2O4S. The third-order valence-corrected chi connectivity index (χ3v) is 3.33. The van der Waals surface area contributed by atoms with E-state index in [1.165, 1.54) is 7.05 Å². The van der Waals surface area contributed by atoms with Gasteiger partial charge in [0.15, 0.2) is 0 Å². The third-order valence-electron chi connectivity index (χ3n) is 2.25. The molecule has 0 heterocycles. The average molecular weight is 258 g/mol. The Morgan fingerprint density at radius 2 is 1.94 bits per heavy atom.